The average Bonchev–Trinajstić information content (AvgIpc) is 2.85. The molecular formula is C13H14N4O3. The number of carboxylic acids is 1. The molecular weight excluding hydrogens is 260 g/mol. The number of carbonyl (C=O) groups is 2. The van der Waals surface area contributed by atoms with E-state index >= 15 is 0 Å². The highest BCUT2D eigenvalue weighted by Gasteiger charge is 2.08. The Morgan fingerprint density at radius 1 is 1.45 bits per heavy atom. The van der Waals surface area contributed by atoms with E-state index in [9.17, 15) is 9.59 Å². The van der Waals surface area contributed by atoms with Crippen molar-refractivity contribution in [3.8, 4) is 0 Å². The van der Waals surface area contributed by atoms with Crippen molar-refractivity contribution in [3.63, 3.8) is 0 Å². The Kier molecular flexibility index (Phi) is 4.09. The largest absolute Gasteiger partial charge is 0.478 e. The number of aryl methyl sites for hydroxylation is 2. The number of hydrogen-bond acceptors (Lipinski definition) is 4. The molecule has 0 bridgehead atoms. The topological polar surface area (TPSA) is 97.1 Å². The lowest BCUT2D eigenvalue weighted by Crippen LogP contribution is -2.15. The van der Waals surface area contributed by atoms with Crippen molar-refractivity contribution in [2.45, 2.75) is 19.9 Å². The summed E-state index contributed by atoms with van der Waals surface area (Å²) >= 11 is 0. The van der Waals surface area contributed by atoms with Gasteiger partial charge >= 0.3 is 5.97 Å². The summed E-state index contributed by atoms with van der Waals surface area (Å²) in [7, 11) is 0. The second-order valence-electron chi connectivity index (χ2n) is 4.31. The third-order valence-electron chi connectivity index (χ3n) is 2.63. The first-order chi connectivity index (χ1) is 9.54. The SMILES string of the molecule is Cc1ccnc(NC(=O)CCn2cc(C(=O)O)cn2)c1. The van der Waals surface area contributed by atoms with E-state index in [0.29, 0.717) is 12.4 Å². The molecule has 0 aliphatic heterocycles. The predicted molar refractivity (Wildman–Crippen MR) is 71.4 cm³/mol. The first-order valence-electron chi connectivity index (χ1n) is 6.03. The molecule has 7 heteroatoms. The minimum Gasteiger partial charge on any atom is -0.478 e. The number of pyridine rings is 1. The van der Waals surface area contributed by atoms with Crippen molar-refractivity contribution in [3.05, 3.63) is 41.9 Å². The molecule has 0 radical (unpaired) electrons. The summed E-state index contributed by atoms with van der Waals surface area (Å²) in [6, 6.07) is 3.61. The van der Waals surface area contributed by atoms with Crippen molar-refractivity contribution in [1.29, 1.82) is 0 Å². The maximum absolute atomic E-state index is 11.7. The molecule has 2 rings (SSSR count). The highest BCUT2D eigenvalue weighted by atomic mass is 16.4. The van der Waals surface area contributed by atoms with E-state index in [4.69, 9.17) is 5.11 Å². The van der Waals surface area contributed by atoms with Crippen LogP contribution in [0.5, 0.6) is 0 Å². The molecule has 0 saturated heterocycles. The van der Waals surface area contributed by atoms with Crippen LogP contribution in [-0.4, -0.2) is 31.7 Å². The predicted octanol–water partition coefficient (Wildman–Crippen LogP) is 1.31. The number of nitrogens with zero attached hydrogens (tertiary/aromatic N) is 3. The van der Waals surface area contributed by atoms with Crippen molar-refractivity contribution < 1.29 is 14.7 Å². The van der Waals surface area contributed by atoms with Crippen LogP contribution in [0.1, 0.15) is 22.3 Å². The van der Waals surface area contributed by atoms with Gasteiger partial charge in [-0.2, -0.15) is 5.10 Å². The minimum absolute atomic E-state index is 0.103. The van der Waals surface area contributed by atoms with Crippen LogP contribution < -0.4 is 5.32 Å². The molecule has 2 aromatic rings. The summed E-state index contributed by atoms with van der Waals surface area (Å²) in [6.07, 6.45) is 4.46. The molecule has 0 fully saturated rings. The Bertz CT molecular complexity index is 636. The van der Waals surface area contributed by atoms with E-state index in [2.05, 4.69) is 15.4 Å². The van der Waals surface area contributed by atoms with Crippen LogP contribution in [0.4, 0.5) is 5.82 Å². The summed E-state index contributed by atoms with van der Waals surface area (Å²) in [4.78, 5) is 26.4. The summed E-state index contributed by atoms with van der Waals surface area (Å²) < 4.78 is 1.42. The number of anilines is 1. The zero-order chi connectivity index (χ0) is 14.5. The molecule has 7 nitrogen and oxygen atoms in total. The maximum atomic E-state index is 11.7. The molecule has 2 heterocycles. The molecule has 2 N–H and O–H groups in total. The first-order valence-corrected chi connectivity index (χ1v) is 6.03. The zero-order valence-corrected chi connectivity index (χ0v) is 10.9. The number of hydrogen-bond donors (Lipinski definition) is 2. The third kappa shape index (κ3) is 3.64. The number of aromatic nitrogens is 3. The van der Waals surface area contributed by atoms with Gasteiger partial charge in [0.05, 0.1) is 11.8 Å². The van der Waals surface area contributed by atoms with Crippen molar-refractivity contribution >= 4 is 17.7 Å². The normalized spacial score (nSPS) is 10.2. The Morgan fingerprint density at radius 3 is 2.90 bits per heavy atom. The fourth-order valence-corrected chi connectivity index (χ4v) is 1.62. The van der Waals surface area contributed by atoms with Crippen LogP contribution in [0.25, 0.3) is 0 Å². The summed E-state index contributed by atoms with van der Waals surface area (Å²) in [5.74, 6) is -0.734. The van der Waals surface area contributed by atoms with Gasteiger partial charge in [0.2, 0.25) is 5.91 Å². The highest BCUT2D eigenvalue weighted by molar-refractivity contribution is 5.89. The van der Waals surface area contributed by atoms with Gasteiger partial charge in [-0.3, -0.25) is 9.48 Å². The van der Waals surface area contributed by atoms with Crippen LogP contribution in [0, 0.1) is 6.92 Å². The van der Waals surface area contributed by atoms with Gasteiger partial charge in [0, 0.05) is 25.4 Å². The van der Waals surface area contributed by atoms with Gasteiger partial charge in [-0.25, -0.2) is 9.78 Å². The fourth-order valence-electron chi connectivity index (χ4n) is 1.62. The number of aromatic carboxylic acids is 1. The lowest BCUT2D eigenvalue weighted by molar-refractivity contribution is -0.116. The average molecular weight is 274 g/mol. The van der Waals surface area contributed by atoms with Crippen molar-refractivity contribution in [2.24, 2.45) is 0 Å². The monoisotopic (exact) mass is 274 g/mol. The molecule has 0 aliphatic carbocycles. The molecule has 0 unspecified atom stereocenters. The van der Waals surface area contributed by atoms with Crippen LogP contribution >= 0.6 is 0 Å². The Balaban J connectivity index is 1.87. The summed E-state index contributed by atoms with van der Waals surface area (Å²) in [5, 5.41) is 15.3. The van der Waals surface area contributed by atoms with Crippen LogP contribution in [0.3, 0.4) is 0 Å². The molecule has 0 atom stereocenters. The van der Waals surface area contributed by atoms with Crippen molar-refractivity contribution in [2.75, 3.05) is 5.32 Å². The van der Waals surface area contributed by atoms with Gasteiger partial charge in [-0.05, 0) is 24.6 Å². The molecule has 2 aromatic heterocycles. The summed E-state index contributed by atoms with van der Waals surface area (Å²) in [6.45, 7) is 2.22. The zero-order valence-electron chi connectivity index (χ0n) is 10.9. The second-order valence-corrected chi connectivity index (χ2v) is 4.31. The van der Waals surface area contributed by atoms with E-state index in [-0.39, 0.29) is 17.9 Å². The molecule has 20 heavy (non-hydrogen) atoms. The fraction of sp³-hybridized carbons (Fsp3) is 0.231. The molecule has 0 saturated carbocycles. The molecule has 0 aromatic carbocycles. The minimum atomic E-state index is -1.04. The van der Waals surface area contributed by atoms with Gasteiger partial charge < -0.3 is 10.4 Å². The Labute approximate surface area is 115 Å². The van der Waals surface area contributed by atoms with E-state index < -0.39 is 5.97 Å². The van der Waals surface area contributed by atoms with E-state index in [0.717, 1.165) is 5.56 Å². The van der Waals surface area contributed by atoms with E-state index in [1.54, 1.807) is 12.3 Å². The van der Waals surface area contributed by atoms with Gasteiger partial charge in [-0.15, -0.1) is 0 Å². The first kappa shape index (κ1) is 13.7. The van der Waals surface area contributed by atoms with E-state index in [1.165, 1.54) is 17.1 Å². The van der Waals surface area contributed by atoms with Crippen LogP contribution in [0.15, 0.2) is 30.7 Å². The third-order valence-corrected chi connectivity index (χ3v) is 2.63. The maximum Gasteiger partial charge on any atom is 0.338 e. The smallest absolute Gasteiger partial charge is 0.338 e. The number of carboxylic acid groups (broad SMARTS) is 1. The molecule has 0 spiro atoms. The highest BCUT2D eigenvalue weighted by Crippen LogP contribution is 2.06. The lowest BCUT2D eigenvalue weighted by atomic mass is 10.3. The molecule has 0 aliphatic rings. The number of amides is 1. The van der Waals surface area contributed by atoms with E-state index in [1.807, 2.05) is 13.0 Å². The van der Waals surface area contributed by atoms with Crippen LogP contribution in [0.2, 0.25) is 0 Å². The summed E-state index contributed by atoms with van der Waals surface area (Å²) in [5.41, 5.74) is 1.11. The van der Waals surface area contributed by atoms with Gasteiger partial charge in [0.1, 0.15) is 5.82 Å². The number of nitrogens with one attached hydrogen (secondary N) is 1. The lowest BCUT2D eigenvalue weighted by Gasteiger charge is -2.05. The second kappa shape index (κ2) is 5.96. The standard InChI is InChI=1S/C13H14N4O3/c1-9-2-4-14-11(6-9)16-12(18)3-5-17-8-10(7-15-17)13(19)20/h2,4,6-8H,3,5H2,1H3,(H,19,20)(H,14,16,18). The Hall–Kier alpha value is -2.70. The quantitative estimate of drug-likeness (QED) is 0.856. The van der Waals surface area contributed by atoms with Crippen molar-refractivity contribution in [1.82, 2.24) is 14.8 Å². The van der Waals surface area contributed by atoms with Crippen LogP contribution in [-0.2, 0) is 11.3 Å². The molecule has 104 valence electrons. The Morgan fingerprint density at radius 2 is 2.25 bits per heavy atom. The van der Waals surface area contributed by atoms with Gasteiger partial charge in [-0.1, -0.05) is 0 Å². The number of carbonyl (C=O) groups excluding carboxylic acids is 1. The van der Waals surface area contributed by atoms with Gasteiger partial charge in [0.25, 0.3) is 0 Å². The van der Waals surface area contributed by atoms with Gasteiger partial charge in [0.15, 0.2) is 0 Å². The molecule has 1 amide bonds. The number of rotatable bonds is 5.